The molecule has 1 N–H and O–H groups in total. The third-order valence-electron chi connectivity index (χ3n) is 6.20. The summed E-state index contributed by atoms with van der Waals surface area (Å²) in [6.07, 6.45) is -0.477. The van der Waals surface area contributed by atoms with E-state index in [1.807, 2.05) is 30.3 Å². The number of hydrogen-bond acceptors (Lipinski definition) is 14. The molecule has 16 heteroatoms. The minimum atomic E-state index is -3.76. The highest BCUT2D eigenvalue weighted by molar-refractivity contribution is 7.86. The first-order valence-corrected chi connectivity index (χ1v) is 18.1. The zero-order chi connectivity index (χ0) is 35.6. The molecule has 0 aliphatic carbocycles. The van der Waals surface area contributed by atoms with Crippen molar-refractivity contribution in [2.75, 3.05) is 132 Å². The minimum absolute atomic E-state index is 0.0640. The molecule has 15 nitrogen and oxygen atoms in total. The van der Waals surface area contributed by atoms with Gasteiger partial charge < -0.3 is 52.7 Å². The number of rotatable bonds is 34. The van der Waals surface area contributed by atoms with E-state index in [0.717, 1.165) is 5.56 Å². The van der Waals surface area contributed by atoms with Gasteiger partial charge in [-0.05, 0) is 17.7 Å². The van der Waals surface area contributed by atoms with Crippen LogP contribution in [0.5, 0.6) is 0 Å². The van der Waals surface area contributed by atoms with Crippen LogP contribution in [0.15, 0.2) is 65.6 Å². The summed E-state index contributed by atoms with van der Waals surface area (Å²) >= 11 is 0. The van der Waals surface area contributed by atoms with Gasteiger partial charge in [0.25, 0.3) is 10.1 Å². The molecular weight excluding hydrogens is 678 g/mol. The molecule has 0 atom stereocenters. The first-order chi connectivity index (χ1) is 24.6. The molecule has 2 rings (SSSR count). The number of alkyl carbamates (subject to hydrolysis) is 1. The van der Waals surface area contributed by atoms with E-state index in [-0.39, 0.29) is 24.7 Å². The second-order valence-corrected chi connectivity index (χ2v) is 11.7. The van der Waals surface area contributed by atoms with Crippen molar-refractivity contribution in [1.82, 2.24) is 5.32 Å². The van der Waals surface area contributed by atoms with Crippen molar-refractivity contribution in [3.63, 3.8) is 0 Å². The van der Waals surface area contributed by atoms with Crippen molar-refractivity contribution >= 4 is 16.2 Å². The summed E-state index contributed by atoms with van der Waals surface area (Å²) in [4.78, 5) is 11.8. The Morgan fingerprint density at radius 2 is 0.800 bits per heavy atom. The summed E-state index contributed by atoms with van der Waals surface area (Å²) < 4.78 is 82.9. The summed E-state index contributed by atoms with van der Waals surface area (Å²) in [6.45, 7) is 8.03. The van der Waals surface area contributed by atoms with Gasteiger partial charge in [-0.2, -0.15) is 8.42 Å². The Hall–Kier alpha value is -2.74. The largest absolute Gasteiger partial charge is 0.445 e. The predicted molar refractivity (Wildman–Crippen MR) is 182 cm³/mol. The lowest BCUT2D eigenvalue weighted by molar-refractivity contribution is -0.0253. The van der Waals surface area contributed by atoms with Gasteiger partial charge in [-0.25, -0.2) is 4.79 Å². The van der Waals surface area contributed by atoms with E-state index < -0.39 is 16.2 Å². The van der Waals surface area contributed by atoms with E-state index in [4.69, 9.17) is 51.6 Å². The zero-order valence-corrected chi connectivity index (χ0v) is 29.6. The van der Waals surface area contributed by atoms with Crippen LogP contribution in [0.4, 0.5) is 4.79 Å². The van der Waals surface area contributed by atoms with E-state index in [1.54, 1.807) is 18.2 Å². The second kappa shape index (κ2) is 31.0. The van der Waals surface area contributed by atoms with Crippen LogP contribution < -0.4 is 5.32 Å². The van der Waals surface area contributed by atoms with Gasteiger partial charge in [0.2, 0.25) is 0 Å². The number of benzene rings is 2. The number of carbonyl (C=O) groups excluding carboxylic acids is 1. The molecule has 0 spiro atoms. The highest BCUT2D eigenvalue weighted by Crippen LogP contribution is 2.10. The smallest absolute Gasteiger partial charge is 0.407 e. The molecule has 2 aromatic carbocycles. The fourth-order valence-electron chi connectivity index (χ4n) is 3.72. The van der Waals surface area contributed by atoms with Crippen LogP contribution in [0.2, 0.25) is 0 Å². The van der Waals surface area contributed by atoms with E-state index in [1.165, 1.54) is 12.1 Å². The molecule has 0 radical (unpaired) electrons. The maximum absolute atomic E-state index is 12.0. The maximum Gasteiger partial charge on any atom is 0.407 e. The van der Waals surface area contributed by atoms with Gasteiger partial charge in [-0.1, -0.05) is 48.5 Å². The lowest BCUT2D eigenvalue weighted by Crippen LogP contribution is -2.28. The summed E-state index contributed by atoms with van der Waals surface area (Å²) in [6, 6.07) is 17.4. The Morgan fingerprint density at radius 1 is 0.460 bits per heavy atom. The molecule has 0 bridgehead atoms. The van der Waals surface area contributed by atoms with Crippen LogP contribution >= 0.6 is 0 Å². The Labute approximate surface area is 295 Å². The van der Waals surface area contributed by atoms with Crippen LogP contribution in [0.25, 0.3) is 0 Å². The Morgan fingerprint density at radius 3 is 1.20 bits per heavy atom. The van der Waals surface area contributed by atoms with Crippen molar-refractivity contribution in [3.05, 3.63) is 66.2 Å². The van der Waals surface area contributed by atoms with Crippen LogP contribution in [0.1, 0.15) is 5.56 Å². The second-order valence-electron chi connectivity index (χ2n) is 10.1. The van der Waals surface area contributed by atoms with Crippen LogP contribution in [-0.2, 0) is 68.3 Å². The van der Waals surface area contributed by atoms with Crippen LogP contribution in [0.3, 0.4) is 0 Å². The van der Waals surface area contributed by atoms with Crippen molar-refractivity contribution in [3.8, 4) is 0 Å². The number of nitrogens with one attached hydrogen (secondary N) is 1. The SMILES string of the molecule is O=C(NCCOCCOCCOCCOCCOCCOCCOCCOCCOCCOS(=O)(=O)c1ccccc1)OCc1ccccc1. The molecule has 0 fully saturated rings. The number of amides is 1. The minimum Gasteiger partial charge on any atom is -0.445 e. The van der Waals surface area contributed by atoms with Crippen LogP contribution in [0, 0.1) is 0 Å². The first kappa shape index (κ1) is 43.4. The van der Waals surface area contributed by atoms with Crippen molar-refractivity contribution < 1.29 is 64.8 Å². The third-order valence-corrected chi connectivity index (χ3v) is 7.53. The Kier molecular flexibility index (Phi) is 27.0. The molecule has 0 aliphatic rings. The van der Waals surface area contributed by atoms with Crippen molar-refractivity contribution in [1.29, 1.82) is 0 Å². The van der Waals surface area contributed by atoms with Gasteiger partial charge in [-0.3, -0.25) is 4.18 Å². The van der Waals surface area contributed by atoms with Gasteiger partial charge in [-0.15, -0.1) is 0 Å². The fourth-order valence-corrected chi connectivity index (χ4v) is 4.63. The molecular formula is C34H53NO14S. The van der Waals surface area contributed by atoms with Gasteiger partial charge in [0.05, 0.1) is 130 Å². The lowest BCUT2D eigenvalue weighted by atomic mass is 10.2. The van der Waals surface area contributed by atoms with Crippen molar-refractivity contribution in [2.45, 2.75) is 11.5 Å². The molecule has 0 heterocycles. The average Bonchev–Trinajstić information content (AvgIpc) is 3.13. The Balaban J connectivity index is 1.17. The number of ether oxygens (including phenoxy) is 10. The summed E-state index contributed by atoms with van der Waals surface area (Å²) in [5.74, 6) is 0. The third kappa shape index (κ3) is 25.2. The summed E-state index contributed by atoms with van der Waals surface area (Å²) in [5.41, 5.74) is 0.931. The standard InChI is InChI=1S/C34H53NO14S/c36-34(48-31-32-7-3-1-4-8-32)35-11-12-39-13-14-40-15-16-41-17-18-42-19-20-43-21-22-44-23-24-45-25-26-46-27-28-47-29-30-49-50(37,38)33-9-5-2-6-10-33/h1-10H,11-31H2,(H,35,36). The molecule has 50 heavy (non-hydrogen) atoms. The molecule has 0 unspecified atom stereocenters. The van der Waals surface area contributed by atoms with Gasteiger partial charge in [0.1, 0.15) is 6.61 Å². The summed E-state index contributed by atoms with van der Waals surface area (Å²) in [7, 11) is -3.76. The predicted octanol–water partition coefficient (Wildman–Crippen LogP) is 2.47. The average molecular weight is 732 g/mol. The van der Waals surface area contributed by atoms with Gasteiger partial charge in [0.15, 0.2) is 0 Å². The molecule has 0 saturated heterocycles. The molecule has 0 aliphatic heterocycles. The van der Waals surface area contributed by atoms with E-state index >= 15 is 0 Å². The molecule has 0 saturated carbocycles. The molecule has 284 valence electrons. The van der Waals surface area contributed by atoms with Gasteiger partial charge in [0, 0.05) is 6.54 Å². The van der Waals surface area contributed by atoms with E-state index in [9.17, 15) is 13.2 Å². The molecule has 1 amide bonds. The number of carbonyl (C=O) groups is 1. The quantitative estimate of drug-likeness (QED) is 0.0825. The highest BCUT2D eigenvalue weighted by atomic mass is 32.2. The van der Waals surface area contributed by atoms with Crippen LogP contribution in [-0.4, -0.2) is 147 Å². The fraction of sp³-hybridized carbons (Fsp3) is 0.618. The molecule has 0 aromatic heterocycles. The summed E-state index contributed by atoms with van der Waals surface area (Å²) in [5, 5.41) is 2.64. The molecule has 2 aromatic rings. The highest BCUT2D eigenvalue weighted by Gasteiger charge is 2.13. The normalized spacial score (nSPS) is 11.5. The topological polar surface area (TPSA) is 165 Å². The first-order valence-electron chi connectivity index (χ1n) is 16.7. The van der Waals surface area contributed by atoms with Gasteiger partial charge >= 0.3 is 6.09 Å². The number of hydrogen-bond donors (Lipinski definition) is 1. The maximum atomic E-state index is 12.0. The van der Waals surface area contributed by atoms with E-state index in [0.29, 0.717) is 119 Å². The lowest BCUT2D eigenvalue weighted by Gasteiger charge is -2.09. The van der Waals surface area contributed by atoms with Crippen molar-refractivity contribution in [2.24, 2.45) is 0 Å². The zero-order valence-electron chi connectivity index (χ0n) is 28.7. The van der Waals surface area contributed by atoms with E-state index in [2.05, 4.69) is 5.32 Å². The Bertz CT molecular complexity index is 1160. The monoisotopic (exact) mass is 731 g/mol.